The minimum atomic E-state index is 0.839. The maximum absolute atomic E-state index is 6.84. The van der Waals surface area contributed by atoms with Gasteiger partial charge in [0, 0.05) is 33.0 Å². The first-order valence-electron chi connectivity index (χ1n) is 18.7. The summed E-state index contributed by atoms with van der Waals surface area (Å²) >= 11 is 0. The average Bonchev–Trinajstić information content (AvgIpc) is 3.57. The van der Waals surface area contributed by atoms with Gasteiger partial charge in [0.15, 0.2) is 0 Å². The third-order valence-corrected chi connectivity index (χ3v) is 10.9. The monoisotopic (exact) mass is 703 g/mol. The molecule has 3 nitrogen and oxygen atoms in total. The zero-order valence-electron chi connectivity index (χ0n) is 29.8. The van der Waals surface area contributed by atoms with Crippen LogP contribution >= 0.6 is 0 Å². The Balaban J connectivity index is 1.25. The van der Waals surface area contributed by atoms with Gasteiger partial charge in [-0.2, -0.15) is 0 Å². The Labute approximate surface area is 318 Å². The molecular formula is C52H33NO2. The maximum atomic E-state index is 6.84. The lowest BCUT2D eigenvalue weighted by molar-refractivity contribution is 0.488. The zero-order chi connectivity index (χ0) is 36.3. The third kappa shape index (κ3) is 4.98. The fourth-order valence-electron chi connectivity index (χ4n) is 8.53. The Hall–Kier alpha value is -7.36. The first-order valence-corrected chi connectivity index (χ1v) is 18.7. The highest BCUT2D eigenvalue weighted by atomic mass is 16.5. The van der Waals surface area contributed by atoms with Crippen LogP contribution in [0.4, 0.5) is 17.1 Å². The molecule has 0 aliphatic carbocycles. The Morgan fingerprint density at radius 1 is 0.309 bits per heavy atom. The van der Waals surface area contributed by atoms with Gasteiger partial charge in [-0.3, -0.25) is 0 Å². The van der Waals surface area contributed by atoms with E-state index in [1.807, 2.05) is 6.07 Å². The molecule has 2 heterocycles. The molecule has 1 aliphatic rings. The van der Waals surface area contributed by atoms with Gasteiger partial charge >= 0.3 is 0 Å². The van der Waals surface area contributed by atoms with E-state index >= 15 is 0 Å². The fraction of sp³-hybridized carbons (Fsp3) is 0. The average molecular weight is 704 g/mol. The quantitative estimate of drug-likeness (QED) is 0.178. The van der Waals surface area contributed by atoms with Crippen LogP contribution in [0.2, 0.25) is 0 Å². The number of nitrogens with zero attached hydrogens (tertiary/aromatic N) is 1. The van der Waals surface area contributed by atoms with Crippen molar-refractivity contribution < 1.29 is 9.15 Å². The van der Waals surface area contributed by atoms with Crippen molar-refractivity contribution in [1.29, 1.82) is 0 Å². The van der Waals surface area contributed by atoms with Crippen LogP contribution in [-0.2, 0) is 0 Å². The SMILES string of the molecule is c1ccc(-c2ccccc2N(c2cccc3c4c(ccc23)-c2c(cccc2-c2ccccc2)Oc2ccccc2-4)c2cccc3oc4ccccc4c23)cc1. The molecule has 9 aromatic carbocycles. The second-order valence-corrected chi connectivity index (χ2v) is 14.0. The lowest BCUT2D eigenvalue weighted by atomic mass is 9.86. The second-order valence-electron chi connectivity index (χ2n) is 14.0. The number of benzene rings is 9. The molecule has 1 aromatic heterocycles. The Morgan fingerprint density at radius 3 is 1.75 bits per heavy atom. The van der Waals surface area contributed by atoms with Crippen molar-refractivity contribution in [3.8, 4) is 56.0 Å². The lowest BCUT2D eigenvalue weighted by Gasteiger charge is -2.30. The maximum Gasteiger partial charge on any atom is 0.137 e. The minimum absolute atomic E-state index is 0.839. The van der Waals surface area contributed by atoms with Crippen molar-refractivity contribution in [3.63, 3.8) is 0 Å². The molecular weight excluding hydrogens is 671 g/mol. The van der Waals surface area contributed by atoms with Crippen molar-refractivity contribution in [2.75, 3.05) is 4.90 Å². The van der Waals surface area contributed by atoms with Crippen molar-refractivity contribution in [1.82, 2.24) is 0 Å². The molecule has 0 saturated carbocycles. The number of hydrogen-bond acceptors (Lipinski definition) is 3. The molecule has 0 bridgehead atoms. The summed E-state index contributed by atoms with van der Waals surface area (Å²) in [5.41, 5.74) is 13.9. The van der Waals surface area contributed by atoms with E-state index in [-0.39, 0.29) is 0 Å². The Bertz CT molecular complexity index is 3070. The zero-order valence-corrected chi connectivity index (χ0v) is 29.8. The van der Waals surface area contributed by atoms with E-state index in [2.05, 4.69) is 199 Å². The van der Waals surface area contributed by atoms with E-state index in [0.717, 1.165) is 106 Å². The summed E-state index contributed by atoms with van der Waals surface area (Å²) < 4.78 is 13.3. The van der Waals surface area contributed by atoms with Gasteiger partial charge in [-0.25, -0.2) is 0 Å². The molecule has 11 rings (SSSR count). The molecule has 0 spiro atoms. The number of hydrogen-bond donors (Lipinski definition) is 0. The van der Waals surface area contributed by atoms with E-state index < -0.39 is 0 Å². The predicted molar refractivity (Wildman–Crippen MR) is 228 cm³/mol. The van der Waals surface area contributed by atoms with Gasteiger partial charge in [-0.05, 0) is 70.1 Å². The highest BCUT2D eigenvalue weighted by molar-refractivity contribution is 6.17. The van der Waals surface area contributed by atoms with Crippen molar-refractivity contribution >= 4 is 49.8 Å². The summed E-state index contributed by atoms with van der Waals surface area (Å²) in [7, 11) is 0. The third-order valence-electron chi connectivity index (χ3n) is 10.9. The molecule has 55 heavy (non-hydrogen) atoms. The first-order chi connectivity index (χ1) is 27.3. The molecule has 3 heteroatoms. The normalized spacial score (nSPS) is 11.8. The van der Waals surface area contributed by atoms with Crippen LogP contribution in [0.5, 0.6) is 11.5 Å². The van der Waals surface area contributed by atoms with Gasteiger partial charge in [0.25, 0.3) is 0 Å². The summed E-state index contributed by atoms with van der Waals surface area (Å²) in [5.74, 6) is 1.69. The molecule has 0 radical (unpaired) electrons. The smallest absolute Gasteiger partial charge is 0.137 e. The summed E-state index contributed by atoms with van der Waals surface area (Å²) in [4.78, 5) is 2.43. The van der Waals surface area contributed by atoms with Gasteiger partial charge in [-0.1, -0.05) is 158 Å². The van der Waals surface area contributed by atoms with Crippen LogP contribution in [0.1, 0.15) is 0 Å². The number of anilines is 3. The molecule has 0 N–H and O–H groups in total. The van der Waals surface area contributed by atoms with Crippen LogP contribution in [0.25, 0.3) is 77.2 Å². The van der Waals surface area contributed by atoms with E-state index in [0.29, 0.717) is 0 Å². The van der Waals surface area contributed by atoms with Crippen LogP contribution in [0.15, 0.2) is 205 Å². The summed E-state index contributed by atoms with van der Waals surface area (Å²) in [6.45, 7) is 0. The largest absolute Gasteiger partial charge is 0.456 e. The number of furan rings is 1. The van der Waals surface area contributed by atoms with E-state index in [1.165, 1.54) is 0 Å². The highest BCUT2D eigenvalue weighted by Gasteiger charge is 2.28. The highest BCUT2D eigenvalue weighted by Crippen LogP contribution is 2.54. The molecule has 0 saturated heterocycles. The fourth-order valence-corrected chi connectivity index (χ4v) is 8.53. The summed E-state index contributed by atoms with van der Waals surface area (Å²) in [6, 6.07) is 70.8. The van der Waals surface area contributed by atoms with Crippen LogP contribution < -0.4 is 9.64 Å². The standard InChI is InChI=1S/C52H33NO2/c1-3-16-34(17-4-1)36-20-7-10-25-43(36)53(45-27-15-31-49-52(45)41-22-9-12-29-47(41)55-49)44-26-13-24-39-38(44)32-33-42-50(39)40-21-8-11-28-46(40)54-48-30-14-23-37(51(42)48)35-18-5-2-6-19-35/h1-33H. The Kier molecular flexibility index (Phi) is 7.17. The molecule has 258 valence electrons. The van der Waals surface area contributed by atoms with E-state index in [4.69, 9.17) is 9.15 Å². The molecule has 10 aromatic rings. The Morgan fingerprint density at radius 2 is 0.891 bits per heavy atom. The topological polar surface area (TPSA) is 25.6 Å². The number of rotatable bonds is 5. The number of fused-ring (bicyclic) bond motifs is 10. The summed E-state index contributed by atoms with van der Waals surface area (Å²) in [6.07, 6.45) is 0. The van der Waals surface area contributed by atoms with Crippen molar-refractivity contribution in [3.05, 3.63) is 200 Å². The minimum Gasteiger partial charge on any atom is -0.456 e. The van der Waals surface area contributed by atoms with Gasteiger partial charge in [0.05, 0.1) is 22.4 Å². The molecule has 1 aliphatic heterocycles. The lowest BCUT2D eigenvalue weighted by Crippen LogP contribution is -2.12. The number of para-hydroxylation sites is 3. The number of ether oxygens (including phenoxy) is 1. The van der Waals surface area contributed by atoms with E-state index in [1.54, 1.807) is 0 Å². The van der Waals surface area contributed by atoms with Gasteiger partial charge in [0.1, 0.15) is 22.7 Å². The summed E-state index contributed by atoms with van der Waals surface area (Å²) in [5, 5.41) is 4.44. The van der Waals surface area contributed by atoms with Gasteiger partial charge < -0.3 is 14.1 Å². The first kappa shape index (κ1) is 31.2. The molecule has 0 atom stereocenters. The van der Waals surface area contributed by atoms with Crippen molar-refractivity contribution in [2.45, 2.75) is 0 Å². The molecule has 0 fully saturated rings. The predicted octanol–water partition coefficient (Wildman–Crippen LogP) is 15.0. The van der Waals surface area contributed by atoms with Crippen LogP contribution in [0, 0.1) is 0 Å². The van der Waals surface area contributed by atoms with Gasteiger partial charge in [0.2, 0.25) is 0 Å². The van der Waals surface area contributed by atoms with Crippen LogP contribution in [-0.4, -0.2) is 0 Å². The molecule has 0 unspecified atom stereocenters. The molecule has 0 amide bonds. The van der Waals surface area contributed by atoms with E-state index in [9.17, 15) is 0 Å². The van der Waals surface area contributed by atoms with Gasteiger partial charge in [-0.15, -0.1) is 0 Å². The van der Waals surface area contributed by atoms with Crippen molar-refractivity contribution in [2.24, 2.45) is 0 Å². The second kappa shape index (κ2) is 12.6. The van der Waals surface area contributed by atoms with Crippen LogP contribution in [0.3, 0.4) is 0 Å².